The molecule has 0 bridgehead atoms. The van der Waals surface area contributed by atoms with Gasteiger partial charge in [0, 0.05) is 24.7 Å². The van der Waals surface area contributed by atoms with Crippen molar-refractivity contribution >= 4 is 16.9 Å². The van der Waals surface area contributed by atoms with E-state index in [1.54, 1.807) is 12.4 Å². The molecule has 0 aliphatic rings. The molecular formula is C21H19N5O2. The number of fused-ring (bicyclic) bond motifs is 1. The number of amides is 1. The van der Waals surface area contributed by atoms with Crippen LogP contribution in [0, 0.1) is 0 Å². The standard InChI is InChI=1S/C21H19N5O2/c27-20(22-12-13-25-15-23-18-8-4-5-9-19(18)25)14-26-21(28)11-10-17(24-26)16-6-2-1-3-7-16/h1-11,15H,12-14H2,(H,22,27). The molecule has 0 fully saturated rings. The van der Waals surface area contributed by atoms with E-state index >= 15 is 0 Å². The van der Waals surface area contributed by atoms with Gasteiger partial charge >= 0.3 is 0 Å². The Labute approximate surface area is 161 Å². The molecular weight excluding hydrogens is 354 g/mol. The molecule has 0 aliphatic heterocycles. The second-order valence-electron chi connectivity index (χ2n) is 6.36. The summed E-state index contributed by atoms with van der Waals surface area (Å²) in [6.07, 6.45) is 1.76. The minimum absolute atomic E-state index is 0.121. The maximum Gasteiger partial charge on any atom is 0.267 e. The average Bonchev–Trinajstić information content (AvgIpc) is 3.13. The Bertz CT molecular complexity index is 1160. The predicted octanol–water partition coefficient (Wildman–Crippen LogP) is 2.08. The summed E-state index contributed by atoms with van der Waals surface area (Å²) in [6.45, 7) is 0.912. The van der Waals surface area contributed by atoms with Gasteiger partial charge in [0.1, 0.15) is 6.54 Å². The zero-order valence-corrected chi connectivity index (χ0v) is 15.2. The van der Waals surface area contributed by atoms with E-state index in [4.69, 9.17) is 0 Å². The van der Waals surface area contributed by atoms with Crippen molar-refractivity contribution in [3.63, 3.8) is 0 Å². The van der Waals surface area contributed by atoms with E-state index in [1.165, 1.54) is 10.7 Å². The Morgan fingerprint density at radius 2 is 1.75 bits per heavy atom. The van der Waals surface area contributed by atoms with Crippen LogP contribution in [0.4, 0.5) is 0 Å². The number of carbonyl (C=O) groups is 1. The van der Waals surface area contributed by atoms with Crippen LogP contribution in [0.3, 0.4) is 0 Å². The quantitative estimate of drug-likeness (QED) is 0.561. The third-order valence-electron chi connectivity index (χ3n) is 4.43. The summed E-state index contributed by atoms with van der Waals surface area (Å²) < 4.78 is 3.17. The molecule has 4 rings (SSSR count). The Balaban J connectivity index is 1.39. The van der Waals surface area contributed by atoms with Crippen LogP contribution in [0.5, 0.6) is 0 Å². The van der Waals surface area contributed by atoms with Crippen LogP contribution in [0.25, 0.3) is 22.3 Å². The summed E-state index contributed by atoms with van der Waals surface area (Å²) in [5, 5.41) is 7.14. The second kappa shape index (κ2) is 7.87. The van der Waals surface area contributed by atoms with E-state index in [0.717, 1.165) is 16.6 Å². The Hall–Kier alpha value is -3.74. The van der Waals surface area contributed by atoms with Gasteiger partial charge in [0.05, 0.1) is 23.1 Å². The SMILES string of the molecule is O=C(Cn1nc(-c2ccccc2)ccc1=O)NCCn1cnc2ccccc21. The van der Waals surface area contributed by atoms with Gasteiger partial charge in [-0.05, 0) is 18.2 Å². The number of carbonyl (C=O) groups excluding carboxylic acids is 1. The zero-order chi connectivity index (χ0) is 19.3. The highest BCUT2D eigenvalue weighted by Gasteiger charge is 2.08. The van der Waals surface area contributed by atoms with Gasteiger partial charge in [0.15, 0.2) is 0 Å². The van der Waals surface area contributed by atoms with Crippen LogP contribution in [0.1, 0.15) is 0 Å². The minimum Gasteiger partial charge on any atom is -0.353 e. The molecule has 0 saturated carbocycles. The van der Waals surface area contributed by atoms with Gasteiger partial charge < -0.3 is 9.88 Å². The molecule has 7 nitrogen and oxygen atoms in total. The summed E-state index contributed by atoms with van der Waals surface area (Å²) in [5.74, 6) is -0.260. The molecule has 4 aromatic rings. The number of rotatable bonds is 6. The molecule has 0 spiro atoms. The first kappa shape index (κ1) is 17.7. The molecule has 2 aromatic carbocycles. The highest BCUT2D eigenvalue weighted by atomic mass is 16.2. The number of benzene rings is 2. The molecule has 2 heterocycles. The molecule has 28 heavy (non-hydrogen) atoms. The number of nitrogens with zero attached hydrogens (tertiary/aromatic N) is 4. The van der Waals surface area contributed by atoms with Gasteiger partial charge in [-0.25, -0.2) is 9.67 Å². The topological polar surface area (TPSA) is 81.8 Å². The van der Waals surface area contributed by atoms with E-state index in [0.29, 0.717) is 18.8 Å². The fourth-order valence-electron chi connectivity index (χ4n) is 3.02. The van der Waals surface area contributed by atoms with Crippen molar-refractivity contribution in [2.75, 3.05) is 6.54 Å². The van der Waals surface area contributed by atoms with Crippen LogP contribution < -0.4 is 10.9 Å². The third kappa shape index (κ3) is 3.83. The lowest BCUT2D eigenvalue weighted by molar-refractivity contribution is -0.121. The summed E-state index contributed by atoms with van der Waals surface area (Å²) in [6, 6.07) is 20.5. The van der Waals surface area contributed by atoms with Crippen molar-refractivity contribution in [3.8, 4) is 11.3 Å². The van der Waals surface area contributed by atoms with Crippen molar-refractivity contribution in [1.29, 1.82) is 0 Å². The first-order valence-electron chi connectivity index (χ1n) is 9.01. The number of nitrogens with one attached hydrogen (secondary N) is 1. The lowest BCUT2D eigenvalue weighted by atomic mass is 10.1. The normalized spacial score (nSPS) is 10.9. The Morgan fingerprint density at radius 1 is 0.964 bits per heavy atom. The first-order chi connectivity index (χ1) is 13.7. The van der Waals surface area contributed by atoms with Gasteiger partial charge in [-0.2, -0.15) is 5.10 Å². The van der Waals surface area contributed by atoms with Crippen molar-refractivity contribution in [1.82, 2.24) is 24.6 Å². The van der Waals surface area contributed by atoms with E-state index in [1.807, 2.05) is 59.2 Å². The van der Waals surface area contributed by atoms with Gasteiger partial charge in [0.2, 0.25) is 5.91 Å². The summed E-state index contributed by atoms with van der Waals surface area (Å²) in [5.41, 5.74) is 3.17. The fourth-order valence-corrected chi connectivity index (χ4v) is 3.02. The molecule has 0 radical (unpaired) electrons. The lowest BCUT2D eigenvalue weighted by Crippen LogP contribution is -2.35. The molecule has 2 aromatic heterocycles. The minimum atomic E-state index is -0.310. The maximum absolute atomic E-state index is 12.3. The van der Waals surface area contributed by atoms with E-state index in [-0.39, 0.29) is 18.0 Å². The predicted molar refractivity (Wildman–Crippen MR) is 107 cm³/mol. The zero-order valence-electron chi connectivity index (χ0n) is 15.2. The van der Waals surface area contributed by atoms with Gasteiger partial charge in [-0.3, -0.25) is 9.59 Å². The monoisotopic (exact) mass is 373 g/mol. The molecule has 0 saturated heterocycles. The highest BCUT2D eigenvalue weighted by molar-refractivity contribution is 5.76. The molecule has 0 atom stereocenters. The Morgan fingerprint density at radius 3 is 2.61 bits per heavy atom. The van der Waals surface area contributed by atoms with Crippen molar-refractivity contribution in [3.05, 3.63) is 83.4 Å². The molecule has 0 unspecified atom stereocenters. The summed E-state index contributed by atoms with van der Waals surface area (Å²) in [4.78, 5) is 28.7. The average molecular weight is 373 g/mol. The smallest absolute Gasteiger partial charge is 0.267 e. The van der Waals surface area contributed by atoms with Crippen LogP contribution in [-0.4, -0.2) is 31.8 Å². The number of aromatic nitrogens is 4. The van der Waals surface area contributed by atoms with Crippen LogP contribution in [0.2, 0.25) is 0 Å². The van der Waals surface area contributed by atoms with Crippen LogP contribution >= 0.6 is 0 Å². The van der Waals surface area contributed by atoms with Gasteiger partial charge in [-0.1, -0.05) is 42.5 Å². The van der Waals surface area contributed by atoms with Crippen molar-refractivity contribution in [2.45, 2.75) is 13.1 Å². The summed E-state index contributed by atoms with van der Waals surface area (Å²) in [7, 11) is 0. The fraction of sp³-hybridized carbons (Fsp3) is 0.143. The molecule has 140 valence electrons. The van der Waals surface area contributed by atoms with Gasteiger partial charge in [-0.15, -0.1) is 0 Å². The number of para-hydroxylation sites is 2. The highest BCUT2D eigenvalue weighted by Crippen LogP contribution is 2.14. The second-order valence-corrected chi connectivity index (χ2v) is 6.36. The van der Waals surface area contributed by atoms with Gasteiger partial charge in [0.25, 0.3) is 5.56 Å². The van der Waals surface area contributed by atoms with Crippen molar-refractivity contribution in [2.24, 2.45) is 0 Å². The molecule has 7 heteroatoms. The largest absolute Gasteiger partial charge is 0.353 e. The number of imidazole rings is 1. The number of hydrogen-bond donors (Lipinski definition) is 1. The maximum atomic E-state index is 12.3. The first-order valence-corrected chi connectivity index (χ1v) is 9.01. The number of hydrogen-bond acceptors (Lipinski definition) is 4. The van der Waals surface area contributed by atoms with E-state index < -0.39 is 0 Å². The third-order valence-corrected chi connectivity index (χ3v) is 4.43. The molecule has 1 amide bonds. The molecule has 0 aliphatic carbocycles. The van der Waals surface area contributed by atoms with Crippen molar-refractivity contribution < 1.29 is 4.79 Å². The van der Waals surface area contributed by atoms with E-state index in [9.17, 15) is 9.59 Å². The molecule has 1 N–H and O–H groups in total. The lowest BCUT2D eigenvalue weighted by Gasteiger charge is -2.09. The van der Waals surface area contributed by atoms with Crippen LogP contribution in [0.15, 0.2) is 77.9 Å². The van der Waals surface area contributed by atoms with E-state index in [2.05, 4.69) is 15.4 Å². The summed E-state index contributed by atoms with van der Waals surface area (Å²) >= 11 is 0. The van der Waals surface area contributed by atoms with Crippen LogP contribution in [-0.2, 0) is 17.9 Å². The Kier molecular flexibility index (Phi) is 4.97.